The number of anilines is 1. The van der Waals surface area contributed by atoms with Crippen LogP contribution in [-0.2, 0) is 6.54 Å². The number of hydrogen-bond acceptors (Lipinski definition) is 4. The van der Waals surface area contributed by atoms with Gasteiger partial charge in [-0.05, 0) is 30.5 Å². The number of halogens is 3. The number of para-hydroxylation sites is 3. The Bertz CT molecular complexity index is 854. The van der Waals surface area contributed by atoms with Crippen LogP contribution in [0.15, 0.2) is 53.5 Å². The maximum absolute atomic E-state index is 12.6. The molecule has 0 bridgehead atoms. The predicted octanol–water partition coefficient (Wildman–Crippen LogP) is 4.11. The molecule has 1 atom stereocenters. The van der Waals surface area contributed by atoms with Crippen molar-refractivity contribution >= 4 is 35.6 Å². The molecule has 1 aliphatic rings. The summed E-state index contributed by atoms with van der Waals surface area (Å²) in [5, 5.41) is 6.50. The van der Waals surface area contributed by atoms with Gasteiger partial charge in [-0.1, -0.05) is 30.3 Å². The molecule has 9 heteroatoms. The zero-order valence-corrected chi connectivity index (χ0v) is 20.0. The minimum Gasteiger partial charge on any atom is -0.495 e. The van der Waals surface area contributed by atoms with Crippen molar-refractivity contribution in [2.24, 2.45) is 10.9 Å². The highest BCUT2D eigenvalue weighted by Gasteiger charge is 2.24. The molecule has 0 aromatic heterocycles. The summed E-state index contributed by atoms with van der Waals surface area (Å²) in [5.74, 6) is 2.13. The minimum absolute atomic E-state index is 0. The Morgan fingerprint density at radius 2 is 1.84 bits per heavy atom. The largest absolute Gasteiger partial charge is 0.495 e. The molecule has 1 heterocycles. The van der Waals surface area contributed by atoms with Crippen molar-refractivity contribution in [1.82, 2.24) is 10.6 Å². The van der Waals surface area contributed by atoms with Gasteiger partial charge in [0, 0.05) is 38.8 Å². The summed E-state index contributed by atoms with van der Waals surface area (Å²) in [6.07, 6.45) is 1.06. The second-order valence-electron chi connectivity index (χ2n) is 7.07. The lowest BCUT2D eigenvalue weighted by Crippen LogP contribution is -2.40. The molecule has 0 amide bonds. The van der Waals surface area contributed by atoms with Gasteiger partial charge in [-0.2, -0.15) is 8.78 Å². The third-order valence-electron chi connectivity index (χ3n) is 5.13. The number of alkyl halides is 2. The molecular weight excluding hydrogens is 517 g/mol. The smallest absolute Gasteiger partial charge is 0.387 e. The molecule has 2 aromatic carbocycles. The highest BCUT2D eigenvalue weighted by Crippen LogP contribution is 2.31. The van der Waals surface area contributed by atoms with Crippen LogP contribution in [0.25, 0.3) is 0 Å². The first-order valence-electron chi connectivity index (χ1n) is 9.96. The van der Waals surface area contributed by atoms with Crippen LogP contribution in [0.1, 0.15) is 12.0 Å². The average molecular weight is 546 g/mol. The normalized spacial score (nSPS) is 16.1. The predicted molar refractivity (Wildman–Crippen MR) is 130 cm³/mol. The van der Waals surface area contributed by atoms with Crippen molar-refractivity contribution in [3.8, 4) is 11.5 Å². The molecule has 1 saturated heterocycles. The third-order valence-corrected chi connectivity index (χ3v) is 5.13. The van der Waals surface area contributed by atoms with Crippen molar-refractivity contribution in [2.45, 2.75) is 19.6 Å². The molecule has 2 aromatic rings. The molecule has 0 aliphatic carbocycles. The standard InChI is InChI=1S/C22H28F2N4O2.HI/c1-25-22(27-14-17-7-3-5-9-19(17)30-21(23)24)26-13-16-11-12-28(15-16)18-8-4-6-10-20(18)29-2;/h3-10,16,21H,11-15H2,1-2H3,(H2,25,26,27);1H. The monoisotopic (exact) mass is 546 g/mol. The lowest BCUT2D eigenvalue weighted by atomic mass is 10.1. The highest BCUT2D eigenvalue weighted by atomic mass is 127. The highest BCUT2D eigenvalue weighted by molar-refractivity contribution is 14.0. The summed E-state index contributed by atoms with van der Waals surface area (Å²) in [6, 6.07) is 14.8. The summed E-state index contributed by atoms with van der Waals surface area (Å²) in [6.45, 7) is 0.144. The Balaban J connectivity index is 0.00000341. The summed E-state index contributed by atoms with van der Waals surface area (Å²) in [7, 11) is 3.38. The fourth-order valence-electron chi connectivity index (χ4n) is 3.61. The Morgan fingerprint density at radius 1 is 1.13 bits per heavy atom. The quantitative estimate of drug-likeness (QED) is 0.297. The minimum atomic E-state index is -2.85. The van der Waals surface area contributed by atoms with Crippen LogP contribution in [0.4, 0.5) is 14.5 Å². The molecule has 0 saturated carbocycles. The van der Waals surface area contributed by atoms with Crippen molar-refractivity contribution in [2.75, 3.05) is 38.7 Å². The van der Waals surface area contributed by atoms with Gasteiger partial charge in [-0.3, -0.25) is 4.99 Å². The number of aliphatic imine (C=N–C) groups is 1. The number of nitrogens with one attached hydrogen (secondary N) is 2. The summed E-state index contributed by atoms with van der Waals surface area (Å²) in [5.41, 5.74) is 1.75. The molecule has 31 heavy (non-hydrogen) atoms. The fraction of sp³-hybridized carbons (Fsp3) is 0.409. The second-order valence-corrected chi connectivity index (χ2v) is 7.07. The molecule has 1 aliphatic heterocycles. The van der Waals surface area contributed by atoms with Crippen molar-refractivity contribution in [3.05, 3.63) is 54.1 Å². The van der Waals surface area contributed by atoms with Crippen LogP contribution < -0.4 is 25.0 Å². The SMILES string of the molecule is CN=C(NCc1ccccc1OC(F)F)NCC1CCN(c2ccccc2OC)C1.I. The average Bonchev–Trinajstić information content (AvgIpc) is 3.23. The number of nitrogens with zero attached hydrogens (tertiary/aromatic N) is 2. The van der Waals surface area contributed by atoms with Gasteiger partial charge in [0.2, 0.25) is 0 Å². The number of guanidine groups is 1. The molecule has 0 radical (unpaired) electrons. The number of benzene rings is 2. The Labute approximate surface area is 199 Å². The zero-order chi connectivity index (χ0) is 21.3. The Hall–Kier alpha value is -2.30. The number of methoxy groups -OCH3 is 1. The van der Waals surface area contributed by atoms with E-state index < -0.39 is 6.61 Å². The van der Waals surface area contributed by atoms with Gasteiger partial charge >= 0.3 is 6.61 Å². The first-order chi connectivity index (χ1) is 14.6. The first-order valence-corrected chi connectivity index (χ1v) is 9.96. The van der Waals surface area contributed by atoms with Gasteiger partial charge < -0.3 is 25.0 Å². The third kappa shape index (κ3) is 7.12. The maximum atomic E-state index is 12.6. The van der Waals surface area contributed by atoms with E-state index in [2.05, 4.69) is 31.3 Å². The molecule has 170 valence electrons. The fourth-order valence-corrected chi connectivity index (χ4v) is 3.61. The molecule has 6 nitrogen and oxygen atoms in total. The number of rotatable bonds is 8. The van der Waals surface area contributed by atoms with Crippen LogP contribution in [-0.4, -0.2) is 46.4 Å². The lowest BCUT2D eigenvalue weighted by Gasteiger charge is -2.21. The molecule has 1 unspecified atom stereocenters. The Kier molecular flexibility index (Phi) is 10.1. The Morgan fingerprint density at radius 3 is 2.55 bits per heavy atom. The second kappa shape index (κ2) is 12.5. The van der Waals surface area contributed by atoms with E-state index in [1.807, 2.05) is 18.2 Å². The number of ether oxygens (including phenoxy) is 2. The van der Waals surface area contributed by atoms with Gasteiger partial charge in [0.05, 0.1) is 12.8 Å². The molecule has 3 rings (SSSR count). The lowest BCUT2D eigenvalue weighted by molar-refractivity contribution is -0.0504. The molecule has 1 fully saturated rings. The van der Waals surface area contributed by atoms with E-state index >= 15 is 0 Å². The molecule has 0 spiro atoms. The van der Waals surface area contributed by atoms with Gasteiger partial charge in [0.15, 0.2) is 5.96 Å². The van der Waals surface area contributed by atoms with E-state index in [0.717, 1.165) is 37.5 Å². The molecule has 2 N–H and O–H groups in total. The molecular formula is C22H29F2IN4O2. The van der Waals surface area contributed by atoms with Crippen molar-refractivity contribution in [1.29, 1.82) is 0 Å². The van der Waals surface area contributed by atoms with E-state index in [9.17, 15) is 8.78 Å². The summed E-state index contributed by atoms with van der Waals surface area (Å²) >= 11 is 0. The van der Waals surface area contributed by atoms with Crippen LogP contribution in [0.2, 0.25) is 0 Å². The van der Waals surface area contributed by atoms with E-state index in [1.165, 1.54) is 6.07 Å². The van der Waals surface area contributed by atoms with E-state index in [4.69, 9.17) is 4.74 Å². The summed E-state index contributed by atoms with van der Waals surface area (Å²) in [4.78, 5) is 6.56. The van der Waals surface area contributed by atoms with Crippen LogP contribution >= 0.6 is 24.0 Å². The van der Waals surface area contributed by atoms with Gasteiger partial charge in [0.25, 0.3) is 0 Å². The maximum Gasteiger partial charge on any atom is 0.387 e. The van der Waals surface area contributed by atoms with Crippen molar-refractivity contribution < 1.29 is 18.3 Å². The zero-order valence-electron chi connectivity index (χ0n) is 17.7. The first kappa shape index (κ1) is 25.0. The number of hydrogen-bond donors (Lipinski definition) is 2. The van der Waals surface area contributed by atoms with E-state index in [1.54, 1.807) is 32.4 Å². The van der Waals surface area contributed by atoms with Crippen LogP contribution in [0, 0.1) is 5.92 Å². The van der Waals surface area contributed by atoms with E-state index in [-0.39, 0.29) is 29.7 Å². The van der Waals surface area contributed by atoms with Crippen molar-refractivity contribution in [3.63, 3.8) is 0 Å². The summed E-state index contributed by atoms with van der Waals surface area (Å²) < 4.78 is 35.2. The van der Waals surface area contributed by atoms with Crippen LogP contribution in [0.3, 0.4) is 0 Å². The topological polar surface area (TPSA) is 58.1 Å². The van der Waals surface area contributed by atoms with Gasteiger partial charge in [0.1, 0.15) is 11.5 Å². The van der Waals surface area contributed by atoms with Crippen LogP contribution in [0.5, 0.6) is 11.5 Å². The van der Waals surface area contributed by atoms with E-state index in [0.29, 0.717) is 24.0 Å². The van der Waals surface area contributed by atoms with Gasteiger partial charge in [-0.25, -0.2) is 0 Å². The van der Waals surface area contributed by atoms with Gasteiger partial charge in [-0.15, -0.1) is 24.0 Å².